The lowest BCUT2D eigenvalue weighted by Gasteiger charge is -2.18. The fourth-order valence-electron chi connectivity index (χ4n) is 3.06. The number of carbonyl (C=O) groups is 1. The molecule has 2 aromatic heterocycles. The number of aryl methyl sites for hydroxylation is 3. The number of amides is 1. The Labute approximate surface area is 142 Å². The normalized spacial score (nSPS) is 17.9. The minimum Gasteiger partial charge on any atom is -0.383 e. The molecule has 0 radical (unpaired) electrons. The second kappa shape index (κ2) is 6.76. The first-order valence-electron chi connectivity index (χ1n) is 8.42. The van der Waals surface area contributed by atoms with Crippen molar-refractivity contribution in [1.29, 1.82) is 0 Å². The summed E-state index contributed by atoms with van der Waals surface area (Å²) in [5.41, 5.74) is 3.98. The molecule has 7 heteroatoms. The maximum atomic E-state index is 12.1. The maximum Gasteiger partial charge on any atom is 0.224 e. The Morgan fingerprint density at radius 2 is 2.21 bits per heavy atom. The van der Waals surface area contributed by atoms with Gasteiger partial charge in [0, 0.05) is 43.9 Å². The van der Waals surface area contributed by atoms with Crippen molar-refractivity contribution in [2.45, 2.75) is 39.7 Å². The van der Waals surface area contributed by atoms with Crippen molar-refractivity contribution in [3.63, 3.8) is 0 Å². The van der Waals surface area contributed by atoms with Gasteiger partial charge in [-0.05, 0) is 20.3 Å². The third-order valence-electron chi connectivity index (χ3n) is 4.60. The third-order valence-corrected chi connectivity index (χ3v) is 4.60. The average Bonchev–Trinajstić information content (AvgIpc) is 3.06. The molecule has 1 amide bonds. The summed E-state index contributed by atoms with van der Waals surface area (Å²) in [4.78, 5) is 18.7. The lowest BCUT2D eigenvalue weighted by molar-refractivity contribution is -0.128. The first-order chi connectivity index (χ1) is 11.5. The van der Waals surface area contributed by atoms with Gasteiger partial charge < -0.3 is 15.0 Å². The van der Waals surface area contributed by atoms with E-state index in [2.05, 4.69) is 22.3 Å². The SMILES string of the molecule is CCc1cc(N[C@@H]2CC(=O)N(CCOC)C2)n2nc(C)c(C)c2n1. The summed E-state index contributed by atoms with van der Waals surface area (Å²) in [6, 6.07) is 2.11. The van der Waals surface area contributed by atoms with Crippen LogP contribution < -0.4 is 5.32 Å². The largest absolute Gasteiger partial charge is 0.383 e. The molecule has 3 rings (SSSR count). The molecule has 2 aromatic rings. The van der Waals surface area contributed by atoms with Gasteiger partial charge in [0.2, 0.25) is 5.91 Å². The van der Waals surface area contributed by atoms with Crippen molar-refractivity contribution in [1.82, 2.24) is 19.5 Å². The molecule has 0 bridgehead atoms. The van der Waals surface area contributed by atoms with E-state index in [0.29, 0.717) is 26.1 Å². The van der Waals surface area contributed by atoms with E-state index in [1.54, 1.807) is 7.11 Å². The molecule has 0 spiro atoms. The quantitative estimate of drug-likeness (QED) is 0.870. The minimum atomic E-state index is 0.0782. The monoisotopic (exact) mass is 331 g/mol. The van der Waals surface area contributed by atoms with Crippen LogP contribution in [0.4, 0.5) is 5.82 Å². The molecule has 1 aliphatic heterocycles. The number of aromatic nitrogens is 3. The Morgan fingerprint density at radius 1 is 1.42 bits per heavy atom. The van der Waals surface area contributed by atoms with E-state index in [0.717, 1.165) is 34.8 Å². The molecular weight excluding hydrogens is 306 g/mol. The molecule has 0 saturated carbocycles. The number of ether oxygens (including phenoxy) is 1. The highest BCUT2D eigenvalue weighted by Gasteiger charge is 2.29. The average molecular weight is 331 g/mol. The molecule has 1 N–H and O–H groups in total. The molecule has 1 fully saturated rings. The van der Waals surface area contributed by atoms with Gasteiger partial charge in [-0.1, -0.05) is 6.92 Å². The van der Waals surface area contributed by atoms with E-state index in [9.17, 15) is 4.79 Å². The minimum absolute atomic E-state index is 0.0782. The molecule has 1 saturated heterocycles. The zero-order valence-electron chi connectivity index (χ0n) is 14.8. The fourth-order valence-corrected chi connectivity index (χ4v) is 3.06. The van der Waals surface area contributed by atoms with Crippen molar-refractivity contribution < 1.29 is 9.53 Å². The van der Waals surface area contributed by atoms with Crippen LogP contribution in [0.3, 0.4) is 0 Å². The summed E-state index contributed by atoms with van der Waals surface area (Å²) in [6.07, 6.45) is 1.35. The van der Waals surface area contributed by atoms with Crippen LogP contribution in [0.15, 0.2) is 6.07 Å². The summed E-state index contributed by atoms with van der Waals surface area (Å²) < 4.78 is 6.93. The highest BCUT2D eigenvalue weighted by Crippen LogP contribution is 2.22. The van der Waals surface area contributed by atoms with E-state index in [1.807, 2.05) is 29.3 Å². The standard InChI is InChI=1S/C17H25N5O2/c1-5-13-8-15(22-17(19-13)11(2)12(3)20-22)18-14-9-16(23)21(10-14)6-7-24-4/h8,14,18H,5-7,9-10H2,1-4H3/t14-/m1/s1. The number of hydrogen-bond donors (Lipinski definition) is 1. The summed E-state index contributed by atoms with van der Waals surface area (Å²) in [7, 11) is 1.65. The van der Waals surface area contributed by atoms with Crippen LogP contribution in [0.2, 0.25) is 0 Å². The van der Waals surface area contributed by atoms with Crippen LogP contribution in [0, 0.1) is 13.8 Å². The van der Waals surface area contributed by atoms with Crippen molar-refractivity contribution in [3.8, 4) is 0 Å². The topological polar surface area (TPSA) is 71.8 Å². The Balaban J connectivity index is 1.85. The molecule has 7 nitrogen and oxygen atoms in total. The number of hydrogen-bond acceptors (Lipinski definition) is 5. The van der Waals surface area contributed by atoms with Crippen LogP contribution >= 0.6 is 0 Å². The number of fused-ring (bicyclic) bond motifs is 1. The van der Waals surface area contributed by atoms with Crippen molar-refractivity contribution in [2.75, 3.05) is 32.1 Å². The maximum absolute atomic E-state index is 12.1. The number of methoxy groups -OCH3 is 1. The number of nitrogens with zero attached hydrogens (tertiary/aromatic N) is 4. The number of likely N-dealkylation sites (tertiary alicyclic amines) is 1. The lowest BCUT2D eigenvalue weighted by Crippen LogP contribution is -2.31. The number of rotatable bonds is 6. The van der Waals surface area contributed by atoms with Crippen LogP contribution in [-0.4, -0.2) is 58.3 Å². The van der Waals surface area contributed by atoms with E-state index in [4.69, 9.17) is 4.74 Å². The highest BCUT2D eigenvalue weighted by molar-refractivity contribution is 5.80. The van der Waals surface area contributed by atoms with Gasteiger partial charge >= 0.3 is 0 Å². The Hall–Kier alpha value is -2.15. The summed E-state index contributed by atoms with van der Waals surface area (Å²) in [6.45, 7) is 8.01. The number of carbonyl (C=O) groups excluding carboxylic acids is 1. The molecular formula is C17H25N5O2. The van der Waals surface area contributed by atoms with E-state index >= 15 is 0 Å². The summed E-state index contributed by atoms with van der Waals surface area (Å²) in [5.74, 6) is 1.07. The Kier molecular flexibility index (Phi) is 4.71. The van der Waals surface area contributed by atoms with Crippen LogP contribution in [0.1, 0.15) is 30.3 Å². The molecule has 3 heterocycles. The Morgan fingerprint density at radius 3 is 2.92 bits per heavy atom. The van der Waals surface area contributed by atoms with Gasteiger partial charge in [0.05, 0.1) is 18.3 Å². The van der Waals surface area contributed by atoms with Gasteiger partial charge in [-0.25, -0.2) is 4.98 Å². The molecule has 130 valence electrons. The van der Waals surface area contributed by atoms with Gasteiger partial charge in [0.25, 0.3) is 0 Å². The number of nitrogens with one attached hydrogen (secondary N) is 1. The highest BCUT2D eigenvalue weighted by atomic mass is 16.5. The van der Waals surface area contributed by atoms with Crippen LogP contribution in [-0.2, 0) is 16.0 Å². The van der Waals surface area contributed by atoms with Crippen molar-refractivity contribution in [3.05, 3.63) is 23.0 Å². The smallest absolute Gasteiger partial charge is 0.224 e. The number of anilines is 1. The predicted octanol–water partition coefficient (Wildman–Crippen LogP) is 1.57. The van der Waals surface area contributed by atoms with Crippen molar-refractivity contribution in [2.24, 2.45) is 0 Å². The second-order valence-electron chi connectivity index (χ2n) is 6.31. The summed E-state index contributed by atoms with van der Waals surface area (Å²) >= 11 is 0. The molecule has 0 aromatic carbocycles. The molecule has 0 unspecified atom stereocenters. The fraction of sp³-hybridized carbons (Fsp3) is 0.588. The van der Waals surface area contributed by atoms with Gasteiger partial charge in [-0.15, -0.1) is 0 Å². The Bertz CT molecular complexity index is 755. The molecule has 24 heavy (non-hydrogen) atoms. The molecule has 1 atom stereocenters. The summed E-state index contributed by atoms with van der Waals surface area (Å²) in [5, 5.41) is 8.08. The first kappa shape index (κ1) is 16.7. The van der Waals surface area contributed by atoms with E-state index in [1.165, 1.54) is 0 Å². The van der Waals surface area contributed by atoms with Crippen LogP contribution in [0.5, 0.6) is 0 Å². The van der Waals surface area contributed by atoms with Gasteiger partial charge in [-0.2, -0.15) is 9.61 Å². The second-order valence-corrected chi connectivity index (χ2v) is 6.31. The third kappa shape index (κ3) is 3.08. The van der Waals surface area contributed by atoms with Gasteiger partial charge in [-0.3, -0.25) is 4.79 Å². The van der Waals surface area contributed by atoms with E-state index in [-0.39, 0.29) is 11.9 Å². The zero-order valence-corrected chi connectivity index (χ0v) is 14.8. The zero-order chi connectivity index (χ0) is 17.3. The van der Waals surface area contributed by atoms with Crippen LogP contribution in [0.25, 0.3) is 5.65 Å². The van der Waals surface area contributed by atoms with Crippen molar-refractivity contribution >= 4 is 17.4 Å². The predicted molar refractivity (Wildman–Crippen MR) is 92.3 cm³/mol. The lowest BCUT2D eigenvalue weighted by atomic mass is 10.2. The van der Waals surface area contributed by atoms with Gasteiger partial charge in [0.15, 0.2) is 5.65 Å². The first-order valence-corrected chi connectivity index (χ1v) is 8.42. The molecule has 1 aliphatic rings. The van der Waals surface area contributed by atoms with E-state index < -0.39 is 0 Å². The van der Waals surface area contributed by atoms with Gasteiger partial charge in [0.1, 0.15) is 5.82 Å². The molecule has 0 aliphatic carbocycles.